The normalized spacial score (nSPS) is 18.8. The van der Waals surface area contributed by atoms with E-state index >= 15 is 0 Å². The van der Waals surface area contributed by atoms with Crippen molar-refractivity contribution in [2.24, 2.45) is 5.92 Å². The summed E-state index contributed by atoms with van der Waals surface area (Å²) < 4.78 is 0. The van der Waals surface area contributed by atoms with Crippen LogP contribution in [0.15, 0.2) is 0 Å². The third-order valence-corrected chi connectivity index (χ3v) is 2.89. The van der Waals surface area contributed by atoms with E-state index in [9.17, 15) is 9.59 Å². The maximum atomic E-state index is 11.6. The zero-order chi connectivity index (χ0) is 12.8. The molecule has 4 N–H and O–H groups in total. The van der Waals surface area contributed by atoms with Crippen molar-refractivity contribution >= 4 is 12.0 Å². The summed E-state index contributed by atoms with van der Waals surface area (Å²) in [4.78, 5) is 23.5. The van der Waals surface area contributed by atoms with Crippen LogP contribution in [0.2, 0.25) is 0 Å². The number of urea groups is 1. The number of aliphatic hydroxyl groups excluding tert-OH is 2. The van der Waals surface area contributed by atoms with E-state index < -0.39 is 12.1 Å². The second-order valence-electron chi connectivity index (χ2n) is 4.15. The molecule has 1 atom stereocenters. The summed E-state index contributed by atoms with van der Waals surface area (Å²) in [5, 5.41) is 28.7. The highest BCUT2D eigenvalue weighted by molar-refractivity contribution is 5.76. The molecular formula is C10H18N2O5. The molecule has 1 saturated heterocycles. The van der Waals surface area contributed by atoms with E-state index in [0.717, 1.165) is 12.8 Å². The molecule has 17 heavy (non-hydrogen) atoms. The van der Waals surface area contributed by atoms with Gasteiger partial charge in [0.25, 0.3) is 0 Å². The molecule has 0 bridgehead atoms. The highest BCUT2D eigenvalue weighted by Gasteiger charge is 2.23. The number of rotatable bonds is 4. The Morgan fingerprint density at radius 2 is 1.94 bits per heavy atom. The number of hydrogen-bond donors (Lipinski definition) is 4. The first-order valence-electron chi connectivity index (χ1n) is 5.59. The number of aliphatic carboxylic acids is 1. The minimum atomic E-state index is -1.58. The lowest BCUT2D eigenvalue weighted by Gasteiger charge is -2.31. The number of aliphatic hydroxyl groups is 2. The molecule has 0 unspecified atom stereocenters. The van der Waals surface area contributed by atoms with Crippen LogP contribution in [-0.2, 0) is 4.79 Å². The number of amides is 2. The van der Waals surface area contributed by atoms with Crippen LogP contribution in [0, 0.1) is 5.92 Å². The van der Waals surface area contributed by atoms with Crippen LogP contribution in [0.1, 0.15) is 12.8 Å². The van der Waals surface area contributed by atoms with Gasteiger partial charge in [-0.25, -0.2) is 9.59 Å². The number of carboxylic acid groups (broad SMARTS) is 1. The summed E-state index contributed by atoms with van der Waals surface area (Å²) in [6, 6.07) is -0.373. The Morgan fingerprint density at radius 1 is 1.35 bits per heavy atom. The van der Waals surface area contributed by atoms with Gasteiger partial charge in [-0.3, -0.25) is 0 Å². The summed E-state index contributed by atoms with van der Waals surface area (Å²) in [6.45, 7) is 0.918. The molecule has 0 radical (unpaired) electrons. The van der Waals surface area contributed by atoms with E-state index in [2.05, 4.69) is 5.32 Å². The van der Waals surface area contributed by atoms with Gasteiger partial charge >= 0.3 is 12.0 Å². The second-order valence-corrected chi connectivity index (χ2v) is 4.15. The fourth-order valence-electron chi connectivity index (χ4n) is 1.70. The Balaban J connectivity index is 2.27. The van der Waals surface area contributed by atoms with Crippen molar-refractivity contribution in [2.75, 3.05) is 26.2 Å². The summed E-state index contributed by atoms with van der Waals surface area (Å²) in [5.74, 6) is -1.12. The zero-order valence-corrected chi connectivity index (χ0v) is 9.50. The highest BCUT2D eigenvalue weighted by atomic mass is 16.4. The Hall–Kier alpha value is -1.34. The Labute approximate surface area is 99.0 Å². The van der Waals surface area contributed by atoms with Crippen molar-refractivity contribution in [2.45, 2.75) is 18.9 Å². The third-order valence-electron chi connectivity index (χ3n) is 2.89. The smallest absolute Gasteiger partial charge is 0.334 e. The van der Waals surface area contributed by atoms with Crippen LogP contribution in [0.4, 0.5) is 4.79 Å². The summed E-state index contributed by atoms with van der Waals surface area (Å²) in [7, 11) is 0. The van der Waals surface area contributed by atoms with Gasteiger partial charge in [0.15, 0.2) is 6.10 Å². The molecule has 1 heterocycles. The molecular weight excluding hydrogens is 228 g/mol. The van der Waals surface area contributed by atoms with Crippen LogP contribution >= 0.6 is 0 Å². The van der Waals surface area contributed by atoms with Crippen LogP contribution < -0.4 is 5.32 Å². The molecule has 7 nitrogen and oxygen atoms in total. The summed E-state index contributed by atoms with van der Waals surface area (Å²) in [6.07, 6.45) is -0.0921. The minimum absolute atomic E-state index is 0.132. The number of nitrogens with zero attached hydrogens (tertiary/aromatic N) is 1. The highest BCUT2D eigenvalue weighted by Crippen LogP contribution is 2.15. The summed E-state index contributed by atoms with van der Waals surface area (Å²) in [5.41, 5.74) is 0. The number of carboxylic acids is 1. The molecule has 1 aliphatic heterocycles. The second kappa shape index (κ2) is 6.41. The first-order chi connectivity index (χ1) is 8.04. The van der Waals surface area contributed by atoms with Crippen molar-refractivity contribution < 1.29 is 24.9 Å². The molecule has 1 rings (SSSR count). The lowest BCUT2D eigenvalue weighted by atomic mass is 9.98. The van der Waals surface area contributed by atoms with Gasteiger partial charge in [-0.05, 0) is 18.8 Å². The summed E-state index contributed by atoms with van der Waals surface area (Å²) >= 11 is 0. The number of likely N-dealkylation sites (tertiary alicyclic amines) is 1. The van der Waals surface area contributed by atoms with Crippen molar-refractivity contribution in [1.82, 2.24) is 10.2 Å². The lowest BCUT2D eigenvalue weighted by Crippen LogP contribution is -2.47. The van der Waals surface area contributed by atoms with Gasteiger partial charge in [-0.2, -0.15) is 0 Å². The van der Waals surface area contributed by atoms with Crippen molar-refractivity contribution in [3.8, 4) is 0 Å². The number of nitrogens with one attached hydrogen (secondary N) is 1. The lowest BCUT2D eigenvalue weighted by molar-refractivity contribution is -0.146. The van der Waals surface area contributed by atoms with E-state index in [-0.39, 0.29) is 25.1 Å². The zero-order valence-electron chi connectivity index (χ0n) is 9.50. The van der Waals surface area contributed by atoms with Crippen LogP contribution in [0.3, 0.4) is 0 Å². The molecule has 2 amide bonds. The van der Waals surface area contributed by atoms with Crippen molar-refractivity contribution in [1.29, 1.82) is 0 Å². The predicted octanol–water partition coefficient (Wildman–Crippen LogP) is -1.15. The SMILES string of the molecule is O=C(O)[C@@H](O)CNC(=O)N1CCC(CO)CC1. The van der Waals surface area contributed by atoms with E-state index in [0.29, 0.717) is 13.1 Å². The Kier molecular flexibility index (Phi) is 5.17. The average molecular weight is 246 g/mol. The monoisotopic (exact) mass is 246 g/mol. The van der Waals surface area contributed by atoms with Gasteiger partial charge < -0.3 is 25.5 Å². The van der Waals surface area contributed by atoms with Crippen LogP contribution in [-0.4, -0.2) is 64.6 Å². The van der Waals surface area contributed by atoms with Gasteiger partial charge in [0.1, 0.15) is 0 Å². The van der Waals surface area contributed by atoms with Gasteiger partial charge in [0.2, 0.25) is 0 Å². The largest absolute Gasteiger partial charge is 0.479 e. The molecule has 0 aromatic heterocycles. The molecule has 0 aromatic rings. The van der Waals surface area contributed by atoms with Crippen molar-refractivity contribution in [3.63, 3.8) is 0 Å². The van der Waals surface area contributed by atoms with E-state index in [4.69, 9.17) is 15.3 Å². The maximum absolute atomic E-state index is 11.6. The fourth-order valence-corrected chi connectivity index (χ4v) is 1.70. The number of hydrogen-bond acceptors (Lipinski definition) is 4. The fraction of sp³-hybridized carbons (Fsp3) is 0.800. The van der Waals surface area contributed by atoms with Gasteiger partial charge in [-0.15, -0.1) is 0 Å². The quantitative estimate of drug-likeness (QED) is 0.500. The first kappa shape index (κ1) is 13.7. The number of carbonyl (C=O) groups is 2. The number of carbonyl (C=O) groups excluding carboxylic acids is 1. The topological polar surface area (TPSA) is 110 Å². The molecule has 98 valence electrons. The Morgan fingerprint density at radius 3 is 2.41 bits per heavy atom. The van der Waals surface area contributed by atoms with Gasteiger partial charge in [0.05, 0.1) is 6.54 Å². The third kappa shape index (κ3) is 4.20. The molecule has 1 fully saturated rings. The molecule has 0 saturated carbocycles. The van der Waals surface area contributed by atoms with Crippen LogP contribution in [0.25, 0.3) is 0 Å². The average Bonchev–Trinajstić information content (AvgIpc) is 2.35. The minimum Gasteiger partial charge on any atom is -0.479 e. The number of piperidine rings is 1. The molecule has 7 heteroatoms. The standard InChI is InChI=1S/C10H18N2O5/c13-6-7-1-3-12(4-2-7)10(17)11-5-8(14)9(15)16/h7-8,13-14H,1-6H2,(H,11,17)(H,15,16)/t8-/m0/s1. The molecule has 0 aliphatic carbocycles. The van der Waals surface area contributed by atoms with Crippen LogP contribution in [0.5, 0.6) is 0 Å². The molecule has 1 aliphatic rings. The van der Waals surface area contributed by atoms with E-state index in [1.54, 1.807) is 4.90 Å². The Bertz CT molecular complexity index is 276. The van der Waals surface area contributed by atoms with E-state index in [1.165, 1.54) is 0 Å². The maximum Gasteiger partial charge on any atom is 0.334 e. The molecule has 0 spiro atoms. The van der Waals surface area contributed by atoms with Crippen molar-refractivity contribution in [3.05, 3.63) is 0 Å². The molecule has 0 aromatic carbocycles. The predicted molar refractivity (Wildman–Crippen MR) is 58.4 cm³/mol. The van der Waals surface area contributed by atoms with Gasteiger partial charge in [-0.1, -0.05) is 0 Å². The van der Waals surface area contributed by atoms with Gasteiger partial charge in [0, 0.05) is 19.7 Å². The van der Waals surface area contributed by atoms with E-state index in [1.807, 2.05) is 0 Å². The first-order valence-corrected chi connectivity index (χ1v) is 5.59.